The second kappa shape index (κ2) is 8.37. The zero-order valence-corrected chi connectivity index (χ0v) is 18.7. The molecular weight excluding hydrogens is 442 g/mol. The molecule has 5 rings (SSSR count). The molecule has 0 saturated carbocycles. The lowest BCUT2D eigenvalue weighted by Gasteiger charge is -2.12. The van der Waals surface area contributed by atoms with Crippen LogP contribution in [0.2, 0.25) is 5.02 Å². The fourth-order valence-electron chi connectivity index (χ4n) is 4.26. The standard InChI is InChI=1S/C25H20ClN3O2S/c26-18-10-4-1-8-15(18)20-13-17(14-7-2-5-11-19(14)28-20)24(31)29-25-22(23(27)30)16-9-3-6-12-21(16)32-25/h1-2,4-5,7-8,10-11,13H,3,6,9,12H2,(H2,27,30)(H,29,31). The van der Waals surface area contributed by atoms with E-state index in [9.17, 15) is 9.59 Å². The van der Waals surface area contributed by atoms with Gasteiger partial charge in [0.2, 0.25) is 0 Å². The zero-order chi connectivity index (χ0) is 22.2. The van der Waals surface area contributed by atoms with E-state index in [2.05, 4.69) is 5.32 Å². The Morgan fingerprint density at radius 3 is 2.59 bits per heavy atom. The molecule has 0 bridgehead atoms. The van der Waals surface area contributed by atoms with Gasteiger partial charge in [-0.2, -0.15) is 0 Å². The third-order valence-electron chi connectivity index (χ3n) is 5.76. The summed E-state index contributed by atoms with van der Waals surface area (Å²) < 4.78 is 0. The molecule has 3 N–H and O–H groups in total. The van der Waals surface area contributed by atoms with Crippen molar-refractivity contribution in [1.82, 2.24) is 4.98 Å². The molecule has 2 aromatic heterocycles. The first-order chi connectivity index (χ1) is 15.5. The summed E-state index contributed by atoms with van der Waals surface area (Å²) in [5, 5.41) is 4.78. The van der Waals surface area contributed by atoms with Gasteiger partial charge in [-0.25, -0.2) is 4.98 Å². The molecule has 2 heterocycles. The van der Waals surface area contributed by atoms with Gasteiger partial charge in [-0.15, -0.1) is 11.3 Å². The van der Waals surface area contributed by atoms with Crippen LogP contribution in [0.3, 0.4) is 0 Å². The third-order valence-corrected chi connectivity index (χ3v) is 7.29. The molecule has 0 atom stereocenters. The molecule has 0 unspecified atom stereocenters. The molecule has 4 aromatic rings. The normalized spacial score (nSPS) is 13.0. The summed E-state index contributed by atoms with van der Waals surface area (Å²) in [5.74, 6) is -0.811. The van der Waals surface area contributed by atoms with E-state index in [0.717, 1.165) is 47.1 Å². The molecule has 1 aliphatic carbocycles. The predicted molar refractivity (Wildman–Crippen MR) is 130 cm³/mol. The largest absolute Gasteiger partial charge is 0.365 e. The van der Waals surface area contributed by atoms with Crippen molar-refractivity contribution in [3.63, 3.8) is 0 Å². The Kier molecular flexibility index (Phi) is 5.41. The minimum Gasteiger partial charge on any atom is -0.365 e. The van der Waals surface area contributed by atoms with E-state index in [1.165, 1.54) is 11.3 Å². The molecule has 0 aliphatic heterocycles. The van der Waals surface area contributed by atoms with Crippen molar-refractivity contribution in [2.24, 2.45) is 5.73 Å². The summed E-state index contributed by atoms with van der Waals surface area (Å²) in [5.41, 5.74) is 9.65. The highest BCUT2D eigenvalue weighted by Gasteiger charge is 2.26. The smallest absolute Gasteiger partial charge is 0.257 e. The van der Waals surface area contributed by atoms with E-state index >= 15 is 0 Å². The maximum absolute atomic E-state index is 13.5. The zero-order valence-electron chi connectivity index (χ0n) is 17.2. The second-order valence-corrected chi connectivity index (χ2v) is 9.30. The van der Waals surface area contributed by atoms with Gasteiger partial charge in [0.15, 0.2) is 0 Å². The van der Waals surface area contributed by atoms with Crippen LogP contribution in [0.25, 0.3) is 22.2 Å². The molecule has 160 valence electrons. The average Bonchev–Trinajstić information content (AvgIpc) is 3.16. The van der Waals surface area contributed by atoms with Crippen LogP contribution in [0.15, 0.2) is 54.6 Å². The van der Waals surface area contributed by atoms with Gasteiger partial charge in [-0.05, 0) is 49.4 Å². The summed E-state index contributed by atoms with van der Waals surface area (Å²) in [6, 6.07) is 16.6. The first kappa shape index (κ1) is 20.7. The number of fused-ring (bicyclic) bond motifs is 2. The summed E-state index contributed by atoms with van der Waals surface area (Å²) in [4.78, 5) is 31.5. The van der Waals surface area contributed by atoms with Crippen LogP contribution in [0.4, 0.5) is 5.00 Å². The topological polar surface area (TPSA) is 85.1 Å². The van der Waals surface area contributed by atoms with Gasteiger partial charge in [-0.3, -0.25) is 9.59 Å². The number of hydrogen-bond acceptors (Lipinski definition) is 4. The number of rotatable bonds is 4. The molecule has 2 aromatic carbocycles. The molecule has 0 saturated heterocycles. The Hall–Kier alpha value is -3.22. The summed E-state index contributed by atoms with van der Waals surface area (Å²) in [7, 11) is 0. The van der Waals surface area contributed by atoms with Crippen molar-refractivity contribution in [3.8, 4) is 11.3 Å². The number of pyridine rings is 1. The first-order valence-corrected chi connectivity index (χ1v) is 11.6. The number of nitrogens with two attached hydrogens (primary N) is 1. The van der Waals surface area contributed by atoms with Gasteiger partial charge >= 0.3 is 0 Å². The third kappa shape index (κ3) is 3.66. The molecule has 1 aliphatic rings. The van der Waals surface area contributed by atoms with Crippen LogP contribution in [-0.2, 0) is 12.8 Å². The van der Waals surface area contributed by atoms with Gasteiger partial charge < -0.3 is 11.1 Å². The Labute approximate surface area is 194 Å². The van der Waals surface area contributed by atoms with Gasteiger partial charge in [0, 0.05) is 20.8 Å². The number of aromatic nitrogens is 1. The number of carbonyl (C=O) groups excluding carboxylic acids is 2. The van der Waals surface area contributed by atoms with Crippen molar-refractivity contribution in [1.29, 1.82) is 0 Å². The van der Waals surface area contributed by atoms with E-state index in [1.54, 1.807) is 12.1 Å². The monoisotopic (exact) mass is 461 g/mol. The Morgan fingerprint density at radius 2 is 1.78 bits per heavy atom. The molecule has 0 fully saturated rings. The van der Waals surface area contributed by atoms with E-state index < -0.39 is 5.91 Å². The van der Waals surface area contributed by atoms with Crippen LogP contribution < -0.4 is 11.1 Å². The van der Waals surface area contributed by atoms with E-state index in [-0.39, 0.29) is 5.91 Å². The van der Waals surface area contributed by atoms with Gasteiger partial charge in [-0.1, -0.05) is 48.0 Å². The summed E-state index contributed by atoms with van der Waals surface area (Å²) in [6.45, 7) is 0. The number of hydrogen-bond donors (Lipinski definition) is 2. The minimum absolute atomic E-state index is 0.307. The number of aryl methyl sites for hydroxylation is 1. The molecule has 7 heteroatoms. The molecular formula is C25H20ClN3O2S. The van der Waals surface area contributed by atoms with Crippen LogP contribution in [-0.4, -0.2) is 16.8 Å². The van der Waals surface area contributed by atoms with E-state index in [4.69, 9.17) is 22.3 Å². The lowest BCUT2D eigenvalue weighted by Crippen LogP contribution is -2.19. The van der Waals surface area contributed by atoms with Crippen LogP contribution in [0.5, 0.6) is 0 Å². The highest BCUT2D eigenvalue weighted by atomic mass is 35.5. The maximum Gasteiger partial charge on any atom is 0.257 e. The Morgan fingerprint density at radius 1 is 1.03 bits per heavy atom. The molecule has 2 amide bonds. The number of para-hydroxylation sites is 1. The number of amides is 2. The van der Waals surface area contributed by atoms with Crippen LogP contribution >= 0.6 is 22.9 Å². The number of primary amides is 1. The number of anilines is 1. The number of halogens is 1. The quantitative estimate of drug-likeness (QED) is 0.400. The highest BCUT2D eigenvalue weighted by molar-refractivity contribution is 7.17. The van der Waals surface area contributed by atoms with Gasteiger partial charge in [0.1, 0.15) is 5.00 Å². The molecule has 0 radical (unpaired) electrons. The molecule has 5 nitrogen and oxygen atoms in total. The molecule has 32 heavy (non-hydrogen) atoms. The maximum atomic E-state index is 13.5. The lowest BCUT2D eigenvalue weighted by atomic mass is 9.95. The summed E-state index contributed by atoms with van der Waals surface area (Å²) in [6.07, 6.45) is 3.82. The number of thiophene rings is 1. The van der Waals surface area contributed by atoms with Crippen molar-refractivity contribution < 1.29 is 9.59 Å². The number of carbonyl (C=O) groups is 2. The second-order valence-electron chi connectivity index (χ2n) is 7.79. The number of nitrogens with zero attached hydrogens (tertiary/aromatic N) is 1. The first-order valence-electron chi connectivity index (χ1n) is 10.4. The Bertz CT molecular complexity index is 1380. The summed E-state index contributed by atoms with van der Waals surface area (Å²) >= 11 is 7.85. The lowest BCUT2D eigenvalue weighted by molar-refractivity contribution is 0.100. The van der Waals surface area contributed by atoms with E-state index in [1.807, 2.05) is 42.5 Å². The Balaban J connectivity index is 1.61. The van der Waals surface area contributed by atoms with Crippen LogP contribution in [0, 0.1) is 0 Å². The fraction of sp³-hybridized carbons (Fsp3) is 0.160. The van der Waals surface area contributed by atoms with Crippen molar-refractivity contribution >= 4 is 50.7 Å². The van der Waals surface area contributed by atoms with Gasteiger partial charge in [0.25, 0.3) is 11.8 Å². The van der Waals surface area contributed by atoms with Crippen LogP contribution in [0.1, 0.15) is 44.0 Å². The SMILES string of the molecule is NC(=O)c1c(NC(=O)c2cc(-c3ccccc3Cl)nc3ccccc23)sc2c1CCCC2. The highest BCUT2D eigenvalue weighted by Crippen LogP contribution is 2.38. The number of nitrogens with one attached hydrogen (secondary N) is 1. The fourth-order valence-corrected chi connectivity index (χ4v) is 5.78. The van der Waals surface area contributed by atoms with Gasteiger partial charge in [0.05, 0.1) is 22.3 Å². The molecule has 0 spiro atoms. The van der Waals surface area contributed by atoms with Crippen molar-refractivity contribution in [3.05, 3.63) is 81.2 Å². The number of benzene rings is 2. The van der Waals surface area contributed by atoms with E-state index in [0.29, 0.717) is 32.4 Å². The predicted octanol–water partition coefficient (Wildman–Crippen LogP) is 5.85. The average molecular weight is 462 g/mol. The minimum atomic E-state index is -0.504. The van der Waals surface area contributed by atoms with Crippen molar-refractivity contribution in [2.45, 2.75) is 25.7 Å². The van der Waals surface area contributed by atoms with Crippen molar-refractivity contribution in [2.75, 3.05) is 5.32 Å².